The van der Waals surface area contributed by atoms with Crippen LogP contribution < -0.4 is 4.74 Å². The van der Waals surface area contributed by atoms with E-state index in [9.17, 15) is 14.0 Å². The molecule has 1 aromatic carbocycles. The molecule has 0 unspecified atom stereocenters. The minimum Gasteiger partial charge on any atom is -0.493 e. The number of para-hydroxylation sites is 1. The molecule has 0 amide bonds. The fourth-order valence-electron chi connectivity index (χ4n) is 1.20. The molecular formula is C11H12BrFO4. The number of methoxy groups -OCH3 is 1. The molecule has 0 atom stereocenters. The second-order valence-corrected chi connectivity index (χ2v) is 2.87. The van der Waals surface area contributed by atoms with Crippen molar-refractivity contribution in [1.82, 2.24) is 0 Å². The van der Waals surface area contributed by atoms with Gasteiger partial charge in [-0.15, -0.1) is 17.0 Å². The van der Waals surface area contributed by atoms with Crippen LogP contribution in [-0.4, -0.2) is 25.5 Å². The Morgan fingerprint density at radius 2 is 2.00 bits per heavy atom. The summed E-state index contributed by atoms with van der Waals surface area (Å²) in [5.74, 6) is -2.89. The van der Waals surface area contributed by atoms with E-state index in [2.05, 4.69) is 4.74 Å². The van der Waals surface area contributed by atoms with E-state index in [1.165, 1.54) is 19.2 Å². The average Bonchev–Trinajstić information content (AvgIpc) is 2.28. The van der Waals surface area contributed by atoms with Crippen LogP contribution in [-0.2, 0) is 9.53 Å². The third-order valence-electron chi connectivity index (χ3n) is 1.88. The maximum absolute atomic E-state index is 13.2. The van der Waals surface area contributed by atoms with Gasteiger partial charge in [0.05, 0.1) is 19.3 Å². The highest BCUT2D eigenvalue weighted by molar-refractivity contribution is 8.93. The predicted octanol–water partition coefficient (Wildman–Crippen LogP) is 2.16. The van der Waals surface area contributed by atoms with Crippen molar-refractivity contribution < 1.29 is 23.5 Å². The summed E-state index contributed by atoms with van der Waals surface area (Å²) < 4.78 is 22.5. The molecule has 0 bridgehead atoms. The van der Waals surface area contributed by atoms with Crippen molar-refractivity contribution in [2.45, 2.75) is 6.92 Å². The second-order valence-electron chi connectivity index (χ2n) is 2.87. The Balaban J connectivity index is 0.00000256. The van der Waals surface area contributed by atoms with Gasteiger partial charge in [-0.25, -0.2) is 9.18 Å². The maximum atomic E-state index is 13.2. The topological polar surface area (TPSA) is 52.6 Å². The molecule has 1 rings (SSSR count). The molecule has 0 aliphatic carbocycles. The number of ether oxygens (including phenoxy) is 2. The molecule has 0 aliphatic heterocycles. The summed E-state index contributed by atoms with van der Waals surface area (Å²) in [7, 11) is 1.22. The Morgan fingerprint density at radius 3 is 2.53 bits per heavy atom. The van der Waals surface area contributed by atoms with Gasteiger partial charge in [0.1, 0.15) is 0 Å². The lowest BCUT2D eigenvalue weighted by Crippen LogP contribution is -2.18. The average molecular weight is 307 g/mol. The summed E-state index contributed by atoms with van der Waals surface area (Å²) in [5.41, 5.74) is -0.138. The van der Waals surface area contributed by atoms with E-state index in [0.29, 0.717) is 0 Å². The molecule has 1 aromatic rings. The molecule has 0 saturated carbocycles. The van der Waals surface area contributed by atoms with Crippen LogP contribution in [0.2, 0.25) is 0 Å². The van der Waals surface area contributed by atoms with E-state index >= 15 is 0 Å². The summed E-state index contributed by atoms with van der Waals surface area (Å²) in [6.45, 7) is 1.66. The maximum Gasteiger partial charge on any atom is 0.379 e. The Morgan fingerprint density at radius 1 is 1.35 bits per heavy atom. The molecule has 0 aliphatic rings. The minimum absolute atomic E-state index is 0. The van der Waals surface area contributed by atoms with Crippen LogP contribution in [0.25, 0.3) is 0 Å². The van der Waals surface area contributed by atoms with Crippen molar-refractivity contribution in [1.29, 1.82) is 0 Å². The monoisotopic (exact) mass is 306 g/mol. The first-order valence-corrected chi connectivity index (χ1v) is 4.65. The summed E-state index contributed by atoms with van der Waals surface area (Å²) in [5, 5.41) is 0. The number of benzene rings is 1. The Bertz CT molecular complexity index is 420. The molecule has 4 nitrogen and oxygen atoms in total. The highest BCUT2D eigenvalue weighted by atomic mass is 79.9. The van der Waals surface area contributed by atoms with Gasteiger partial charge in [-0.1, -0.05) is 6.07 Å². The molecule has 0 heterocycles. The van der Waals surface area contributed by atoms with Gasteiger partial charge in [0.2, 0.25) is 0 Å². The van der Waals surface area contributed by atoms with E-state index in [-0.39, 0.29) is 34.9 Å². The van der Waals surface area contributed by atoms with Crippen LogP contribution in [0, 0.1) is 5.82 Å². The Labute approximate surface area is 108 Å². The number of carbonyl (C=O) groups is 2. The van der Waals surface area contributed by atoms with Crippen LogP contribution in [0.5, 0.6) is 5.75 Å². The quantitative estimate of drug-likeness (QED) is 0.486. The van der Waals surface area contributed by atoms with Gasteiger partial charge in [-0.05, 0) is 19.1 Å². The zero-order valence-electron chi connectivity index (χ0n) is 9.36. The second kappa shape index (κ2) is 7.01. The lowest BCUT2D eigenvalue weighted by atomic mass is 10.1. The van der Waals surface area contributed by atoms with Crippen LogP contribution in [0.15, 0.2) is 18.2 Å². The Hall–Kier alpha value is -1.43. The number of Topliss-reactive ketones (excluding diaryl/α,β-unsaturated/α-hetero) is 1. The summed E-state index contributed by atoms with van der Waals surface area (Å²) in [4.78, 5) is 22.7. The van der Waals surface area contributed by atoms with Gasteiger partial charge >= 0.3 is 5.97 Å². The van der Waals surface area contributed by atoms with Gasteiger partial charge in [-0.2, -0.15) is 0 Å². The van der Waals surface area contributed by atoms with Crippen LogP contribution in [0.1, 0.15) is 17.3 Å². The van der Waals surface area contributed by atoms with Crippen molar-refractivity contribution in [3.05, 3.63) is 29.6 Å². The zero-order chi connectivity index (χ0) is 12.1. The number of carbonyl (C=O) groups excluding carboxylic acids is 2. The van der Waals surface area contributed by atoms with Crippen LogP contribution in [0.3, 0.4) is 0 Å². The standard InChI is InChI=1S/C11H11FO4.BrH/c1-3-16-11(14)9(13)7-5-4-6-8(12)10(7)15-2;/h4-6H,3H2,1-2H3;1H. The van der Waals surface area contributed by atoms with E-state index < -0.39 is 17.6 Å². The van der Waals surface area contributed by atoms with E-state index in [0.717, 1.165) is 6.07 Å². The molecule has 0 spiro atoms. The molecule has 0 radical (unpaired) electrons. The number of rotatable bonds is 4. The summed E-state index contributed by atoms with van der Waals surface area (Å²) in [6, 6.07) is 3.77. The number of ketones is 1. The third-order valence-corrected chi connectivity index (χ3v) is 1.88. The molecule has 0 N–H and O–H groups in total. The van der Waals surface area contributed by atoms with E-state index in [1.54, 1.807) is 6.92 Å². The normalized spacial score (nSPS) is 9.12. The van der Waals surface area contributed by atoms with Gasteiger partial charge in [-0.3, -0.25) is 4.79 Å². The molecule has 0 aromatic heterocycles. The van der Waals surface area contributed by atoms with Gasteiger partial charge in [0.25, 0.3) is 5.78 Å². The number of hydrogen-bond acceptors (Lipinski definition) is 4. The predicted molar refractivity (Wildman–Crippen MR) is 64.2 cm³/mol. The number of esters is 1. The van der Waals surface area contributed by atoms with Crippen molar-refractivity contribution in [3.63, 3.8) is 0 Å². The van der Waals surface area contributed by atoms with Crippen molar-refractivity contribution >= 4 is 28.7 Å². The molecule has 94 valence electrons. The molecule has 17 heavy (non-hydrogen) atoms. The Kier molecular flexibility index (Phi) is 6.42. The fraction of sp³-hybridized carbons (Fsp3) is 0.273. The summed E-state index contributed by atoms with van der Waals surface area (Å²) in [6.07, 6.45) is 0. The van der Waals surface area contributed by atoms with Gasteiger partial charge in [0, 0.05) is 0 Å². The third kappa shape index (κ3) is 3.52. The van der Waals surface area contributed by atoms with E-state index in [1.807, 2.05) is 0 Å². The molecular weight excluding hydrogens is 295 g/mol. The first-order valence-electron chi connectivity index (χ1n) is 4.65. The lowest BCUT2D eigenvalue weighted by Gasteiger charge is -2.07. The first kappa shape index (κ1) is 15.6. The largest absolute Gasteiger partial charge is 0.493 e. The highest BCUT2D eigenvalue weighted by Crippen LogP contribution is 2.22. The molecule has 0 saturated heterocycles. The smallest absolute Gasteiger partial charge is 0.379 e. The van der Waals surface area contributed by atoms with Gasteiger partial charge < -0.3 is 9.47 Å². The number of hydrogen-bond donors (Lipinski definition) is 0. The van der Waals surface area contributed by atoms with Crippen molar-refractivity contribution in [3.8, 4) is 5.75 Å². The SMILES string of the molecule is Br.CCOC(=O)C(=O)c1cccc(F)c1OC. The minimum atomic E-state index is -1.02. The lowest BCUT2D eigenvalue weighted by molar-refractivity contribution is -0.137. The van der Waals surface area contributed by atoms with E-state index in [4.69, 9.17) is 4.74 Å². The van der Waals surface area contributed by atoms with Crippen LogP contribution >= 0.6 is 17.0 Å². The first-order chi connectivity index (χ1) is 7.61. The summed E-state index contributed by atoms with van der Waals surface area (Å²) >= 11 is 0. The van der Waals surface area contributed by atoms with Gasteiger partial charge in [0.15, 0.2) is 11.6 Å². The van der Waals surface area contributed by atoms with Crippen molar-refractivity contribution in [2.24, 2.45) is 0 Å². The number of halogens is 2. The fourth-order valence-corrected chi connectivity index (χ4v) is 1.20. The highest BCUT2D eigenvalue weighted by Gasteiger charge is 2.23. The van der Waals surface area contributed by atoms with Crippen LogP contribution in [0.4, 0.5) is 4.39 Å². The zero-order valence-corrected chi connectivity index (χ0v) is 11.1. The molecule has 0 fully saturated rings. The van der Waals surface area contributed by atoms with Crippen molar-refractivity contribution in [2.75, 3.05) is 13.7 Å². The molecule has 6 heteroatoms.